The molecule has 2 aliphatic heterocycles. The van der Waals surface area contributed by atoms with E-state index in [0.717, 1.165) is 22.3 Å². The van der Waals surface area contributed by atoms with E-state index in [0.29, 0.717) is 25.7 Å². The third-order valence-electron chi connectivity index (χ3n) is 8.94. The van der Waals surface area contributed by atoms with Crippen LogP contribution in [0.5, 0.6) is 0 Å². The van der Waals surface area contributed by atoms with Crippen LogP contribution in [-0.2, 0) is 28.7 Å². The number of aliphatic hydroxyl groups excluding tert-OH is 1. The topological polar surface area (TPSA) is 195 Å². The van der Waals surface area contributed by atoms with Crippen LogP contribution in [0.3, 0.4) is 0 Å². The van der Waals surface area contributed by atoms with Crippen molar-refractivity contribution in [1.82, 2.24) is 25.8 Å². The highest BCUT2D eigenvalue weighted by Crippen LogP contribution is 2.44. The predicted octanol–water partition coefficient (Wildman–Crippen LogP) is 0.574. The maximum Gasteiger partial charge on any atom is 0.407 e. The minimum Gasteiger partial charge on any atom is -0.480 e. The van der Waals surface area contributed by atoms with E-state index in [1.54, 1.807) is 0 Å². The Bertz CT molecular complexity index is 1500. The molecule has 0 saturated carbocycles. The number of ether oxygens (including phenoxy) is 1. The first kappa shape index (κ1) is 33.4. The highest BCUT2D eigenvalue weighted by Gasteiger charge is 2.38. The standard InChI is InChI=1S/C33H39N5O9/c1-19(39)29(31(43)34-16-27(40)38-15-7-13-26(38)32(44)45)36-30(42)25-12-6-14-37(25)28(41)17-35-33(46)47-18-24-22-10-4-2-8-20(22)21-9-3-5-11-23(21)24/h2-5,8-11,19,24-26,29,39H,6-7,12-18H2,1H3,(H,34,43)(H,35,46)(H,36,42)(H,44,45)/t19-,25+,26+,29+/m1/s1. The maximum atomic E-state index is 13.2. The van der Waals surface area contributed by atoms with Crippen LogP contribution in [0, 0.1) is 0 Å². The van der Waals surface area contributed by atoms with Crippen molar-refractivity contribution in [2.45, 2.75) is 62.8 Å². The molecule has 5 N–H and O–H groups in total. The molecule has 2 aromatic rings. The van der Waals surface area contributed by atoms with Crippen molar-refractivity contribution in [3.8, 4) is 11.1 Å². The van der Waals surface area contributed by atoms with Crippen LogP contribution in [0.25, 0.3) is 11.1 Å². The Balaban J connectivity index is 1.10. The fourth-order valence-corrected chi connectivity index (χ4v) is 6.59. The Morgan fingerprint density at radius 3 is 1.94 bits per heavy atom. The van der Waals surface area contributed by atoms with Gasteiger partial charge < -0.3 is 40.7 Å². The lowest BCUT2D eigenvalue weighted by molar-refractivity contribution is -0.148. The third kappa shape index (κ3) is 7.38. The third-order valence-corrected chi connectivity index (χ3v) is 8.94. The number of amides is 5. The van der Waals surface area contributed by atoms with Crippen LogP contribution < -0.4 is 16.0 Å². The number of carbonyl (C=O) groups is 6. The summed E-state index contributed by atoms with van der Waals surface area (Å²) in [6.45, 7) is 0.973. The van der Waals surface area contributed by atoms with Crippen molar-refractivity contribution in [2.24, 2.45) is 0 Å². The van der Waals surface area contributed by atoms with Crippen LogP contribution in [0.4, 0.5) is 4.79 Å². The summed E-state index contributed by atoms with van der Waals surface area (Å²) in [6, 6.07) is 12.5. The number of nitrogens with zero attached hydrogens (tertiary/aromatic N) is 2. The van der Waals surface area contributed by atoms with Gasteiger partial charge in [0, 0.05) is 19.0 Å². The molecule has 2 saturated heterocycles. The molecule has 4 atom stereocenters. The van der Waals surface area contributed by atoms with E-state index in [1.165, 1.54) is 16.7 Å². The molecule has 47 heavy (non-hydrogen) atoms. The van der Waals surface area contributed by atoms with Gasteiger partial charge in [-0.15, -0.1) is 0 Å². The fourth-order valence-electron chi connectivity index (χ4n) is 6.59. The fraction of sp³-hybridized carbons (Fsp3) is 0.455. The molecule has 2 fully saturated rings. The highest BCUT2D eigenvalue weighted by molar-refractivity contribution is 5.95. The van der Waals surface area contributed by atoms with Gasteiger partial charge in [0.05, 0.1) is 12.6 Å². The Labute approximate surface area is 271 Å². The predicted molar refractivity (Wildman–Crippen MR) is 167 cm³/mol. The number of carboxylic acids is 1. The van der Waals surface area contributed by atoms with E-state index >= 15 is 0 Å². The zero-order chi connectivity index (χ0) is 33.7. The van der Waals surface area contributed by atoms with Crippen molar-refractivity contribution >= 4 is 35.7 Å². The summed E-state index contributed by atoms with van der Waals surface area (Å²) in [5.74, 6) is -3.88. The van der Waals surface area contributed by atoms with Gasteiger partial charge in [0.25, 0.3) is 0 Å². The van der Waals surface area contributed by atoms with Gasteiger partial charge in [0.2, 0.25) is 23.6 Å². The second-order valence-corrected chi connectivity index (χ2v) is 12.0. The lowest BCUT2D eigenvalue weighted by Crippen LogP contribution is -2.58. The number of hydrogen-bond acceptors (Lipinski definition) is 8. The number of likely N-dealkylation sites (tertiary alicyclic amines) is 2. The molecule has 0 bridgehead atoms. The van der Waals surface area contributed by atoms with Gasteiger partial charge in [0.15, 0.2) is 0 Å². The summed E-state index contributed by atoms with van der Waals surface area (Å²) in [5, 5.41) is 26.8. The zero-order valence-corrected chi connectivity index (χ0v) is 26.0. The molecule has 1 aliphatic carbocycles. The molecule has 14 heteroatoms. The molecule has 250 valence electrons. The number of aliphatic carboxylic acids is 1. The van der Waals surface area contributed by atoms with Crippen molar-refractivity contribution < 1.29 is 43.7 Å². The van der Waals surface area contributed by atoms with Gasteiger partial charge in [0.1, 0.15) is 31.3 Å². The number of carbonyl (C=O) groups excluding carboxylic acids is 5. The number of rotatable bonds is 11. The molecule has 0 spiro atoms. The van der Waals surface area contributed by atoms with Crippen LogP contribution in [0.1, 0.15) is 49.7 Å². The summed E-state index contributed by atoms with van der Waals surface area (Å²) in [6.07, 6.45) is -0.450. The van der Waals surface area contributed by atoms with Crippen molar-refractivity contribution in [3.63, 3.8) is 0 Å². The summed E-state index contributed by atoms with van der Waals surface area (Å²) >= 11 is 0. The van der Waals surface area contributed by atoms with E-state index in [-0.39, 0.29) is 25.6 Å². The molecular formula is C33H39N5O9. The van der Waals surface area contributed by atoms with Gasteiger partial charge in [-0.3, -0.25) is 19.2 Å². The first-order valence-electron chi connectivity index (χ1n) is 15.7. The van der Waals surface area contributed by atoms with Crippen LogP contribution in [0.2, 0.25) is 0 Å². The minimum absolute atomic E-state index is 0.0787. The number of aliphatic hydroxyl groups is 1. The largest absolute Gasteiger partial charge is 0.480 e. The molecule has 0 aromatic heterocycles. The van der Waals surface area contributed by atoms with E-state index in [1.807, 2.05) is 48.5 Å². The molecule has 14 nitrogen and oxygen atoms in total. The second-order valence-electron chi connectivity index (χ2n) is 12.0. The Kier molecular flexibility index (Phi) is 10.4. The van der Waals surface area contributed by atoms with Crippen LogP contribution in [-0.4, -0.2) is 113 Å². The number of fused-ring (bicyclic) bond motifs is 3. The molecule has 5 amide bonds. The minimum atomic E-state index is -1.43. The first-order valence-corrected chi connectivity index (χ1v) is 15.7. The van der Waals surface area contributed by atoms with Gasteiger partial charge in [-0.2, -0.15) is 0 Å². The number of hydrogen-bond donors (Lipinski definition) is 5. The SMILES string of the molecule is C[C@@H](O)[C@H](NC(=O)[C@@H]1CCCN1C(=O)CNC(=O)OCC1c2ccccc2-c2ccccc21)C(=O)NCC(=O)N1CCC[C@H]1C(=O)O. The number of benzene rings is 2. The molecule has 2 aromatic carbocycles. The van der Waals surface area contributed by atoms with Crippen molar-refractivity contribution in [2.75, 3.05) is 32.8 Å². The van der Waals surface area contributed by atoms with Crippen LogP contribution >= 0.6 is 0 Å². The van der Waals surface area contributed by atoms with E-state index in [2.05, 4.69) is 16.0 Å². The number of alkyl carbamates (subject to hydrolysis) is 1. The normalized spacial score (nSPS) is 19.7. The smallest absolute Gasteiger partial charge is 0.407 e. The van der Waals surface area contributed by atoms with Gasteiger partial charge in [-0.1, -0.05) is 48.5 Å². The van der Waals surface area contributed by atoms with E-state index in [4.69, 9.17) is 4.74 Å². The average molecular weight is 650 g/mol. The van der Waals surface area contributed by atoms with Crippen LogP contribution in [0.15, 0.2) is 48.5 Å². The second kappa shape index (κ2) is 14.6. The van der Waals surface area contributed by atoms with E-state index in [9.17, 15) is 39.0 Å². The van der Waals surface area contributed by atoms with Gasteiger partial charge >= 0.3 is 12.1 Å². The van der Waals surface area contributed by atoms with Crippen molar-refractivity contribution in [3.05, 3.63) is 59.7 Å². The summed E-state index contributed by atoms with van der Waals surface area (Å²) in [5.41, 5.74) is 4.28. The first-order chi connectivity index (χ1) is 22.6. The molecule has 0 radical (unpaired) electrons. The lowest BCUT2D eigenvalue weighted by Gasteiger charge is -2.27. The quantitative estimate of drug-likeness (QED) is 0.231. The zero-order valence-electron chi connectivity index (χ0n) is 26.0. The van der Waals surface area contributed by atoms with E-state index < -0.39 is 73.0 Å². The lowest BCUT2D eigenvalue weighted by atomic mass is 9.98. The van der Waals surface area contributed by atoms with Crippen molar-refractivity contribution in [1.29, 1.82) is 0 Å². The molecule has 0 unspecified atom stereocenters. The monoisotopic (exact) mass is 649 g/mol. The highest BCUT2D eigenvalue weighted by atomic mass is 16.5. The Morgan fingerprint density at radius 1 is 0.830 bits per heavy atom. The number of nitrogens with one attached hydrogen (secondary N) is 3. The van der Waals surface area contributed by atoms with Gasteiger partial charge in [-0.25, -0.2) is 9.59 Å². The average Bonchev–Trinajstić information content (AvgIpc) is 3.82. The molecular weight excluding hydrogens is 610 g/mol. The number of carboxylic acid groups (broad SMARTS) is 1. The Morgan fingerprint density at radius 2 is 1.36 bits per heavy atom. The molecule has 2 heterocycles. The molecule has 3 aliphatic rings. The molecule has 5 rings (SSSR count). The summed E-state index contributed by atoms with van der Waals surface area (Å²) < 4.78 is 5.49. The summed E-state index contributed by atoms with van der Waals surface area (Å²) in [4.78, 5) is 78.1. The summed E-state index contributed by atoms with van der Waals surface area (Å²) in [7, 11) is 0. The Hall–Kier alpha value is -4.98. The van der Waals surface area contributed by atoms with Gasteiger partial charge in [-0.05, 0) is 54.9 Å². The maximum absolute atomic E-state index is 13.2.